The zero-order chi connectivity index (χ0) is 24.3. The molecule has 6 nitrogen and oxygen atoms in total. The second-order valence-corrected chi connectivity index (χ2v) is 7.00. The highest BCUT2D eigenvalue weighted by molar-refractivity contribution is 6.04. The van der Waals surface area contributed by atoms with E-state index in [1.54, 1.807) is 0 Å². The molecule has 172 valence electrons. The Morgan fingerprint density at radius 2 is 1.74 bits per heavy atom. The minimum absolute atomic E-state index is 0.0208. The second kappa shape index (κ2) is 9.22. The van der Waals surface area contributed by atoms with Crippen LogP contribution in [0.5, 0.6) is 0 Å². The fourth-order valence-corrected chi connectivity index (χ4v) is 3.01. The molecular weight excluding hydrogens is 457 g/mol. The maximum Gasteiger partial charge on any atom is 0.433 e. The Morgan fingerprint density at radius 1 is 0.912 bits per heavy atom. The fraction of sp³-hybridized carbons (Fsp3) is 0.0435. The summed E-state index contributed by atoms with van der Waals surface area (Å²) in [5.74, 6) is -1.87. The summed E-state index contributed by atoms with van der Waals surface area (Å²) in [4.78, 5) is 24.1. The van der Waals surface area contributed by atoms with Crippen molar-refractivity contribution in [2.24, 2.45) is 0 Å². The number of hydrogen-bond acceptors (Lipinski definition) is 5. The van der Waals surface area contributed by atoms with Crippen LogP contribution in [0.25, 0.3) is 11.1 Å². The maximum atomic E-state index is 14.1. The van der Waals surface area contributed by atoms with E-state index >= 15 is 0 Å². The first-order valence-electron chi connectivity index (χ1n) is 9.68. The van der Waals surface area contributed by atoms with Crippen molar-refractivity contribution in [1.29, 1.82) is 0 Å². The molecule has 0 fully saturated rings. The topological polar surface area (TPSA) is 79.8 Å². The number of carbonyl (C=O) groups excluding carboxylic acids is 1. The Morgan fingerprint density at radius 3 is 2.53 bits per heavy atom. The van der Waals surface area contributed by atoms with Crippen LogP contribution in [0, 0.1) is 11.6 Å². The van der Waals surface area contributed by atoms with E-state index in [1.165, 1.54) is 48.9 Å². The monoisotopic (exact) mass is 471 g/mol. The van der Waals surface area contributed by atoms with Crippen LogP contribution in [-0.2, 0) is 6.18 Å². The van der Waals surface area contributed by atoms with E-state index in [2.05, 4.69) is 25.6 Å². The average Bonchev–Trinajstić information content (AvgIpc) is 2.80. The van der Waals surface area contributed by atoms with Gasteiger partial charge in [-0.2, -0.15) is 13.2 Å². The van der Waals surface area contributed by atoms with E-state index in [9.17, 15) is 26.7 Å². The van der Waals surface area contributed by atoms with Crippen LogP contribution in [-0.4, -0.2) is 20.9 Å². The van der Waals surface area contributed by atoms with Gasteiger partial charge in [-0.25, -0.2) is 18.7 Å². The summed E-state index contributed by atoms with van der Waals surface area (Å²) in [6.07, 6.45) is -0.666. The molecule has 4 rings (SSSR count). The molecule has 1 amide bonds. The molecule has 4 aromatic rings. The van der Waals surface area contributed by atoms with Crippen LogP contribution in [0.1, 0.15) is 16.1 Å². The third-order valence-electron chi connectivity index (χ3n) is 4.55. The number of alkyl halides is 3. The molecule has 0 saturated carbocycles. The van der Waals surface area contributed by atoms with Crippen LogP contribution >= 0.6 is 0 Å². The van der Waals surface area contributed by atoms with E-state index in [0.717, 1.165) is 24.3 Å². The van der Waals surface area contributed by atoms with E-state index in [1.807, 2.05) is 0 Å². The lowest BCUT2D eigenvalue weighted by Gasteiger charge is -2.10. The van der Waals surface area contributed by atoms with Gasteiger partial charge in [-0.3, -0.25) is 9.78 Å². The predicted octanol–water partition coefficient (Wildman–Crippen LogP) is 5.83. The highest BCUT2D eigenvalue weighted by Gasteiger charge is 2.32. The lowest BCUT2D eigenvalue weighted by Crippen LogP contribution is -2.13. The first kappa shape index (κ1) is 22.8. The van der Waals surface area contributed by atoms with Gasteiger partial charge in [0.05, 0.1) is 11.9 Å². The highest BCUT2D eigenvalue weighted by atomic mass is 19.4. The molecule has 0 atom stereocenters. The molecule has 1 aromatic carbocycles. The first-order valence-corrected chi connectivity index (χ1v) is 9.68. The van der Waals surface area contributed by atoms with Crippen molar-refractivity contribution in [3.05, 3.63) is 96.1 Å². The largest absolute Gasteiger partial charge is 0.433 e. The van der Waals surface area contributed by atoms with Gasteiger partial charge in [0.15, 0.2) is 0 Å². The number of amides is 1. The predicted molar refractivity (Wildman–Crippen MR) is 114 cm³/mol. The molecule has 11 heteroatoms. The fourth-order valence-electron chi connectivity index (χ4n) is 3.01. The number of pyridine rings is 3. The Bertz CT molecular complexity index is 1360. The molecule has 34 heavy (non-hydrogen) atoms. The molecule has 3 heterocycles. The minimum Gasteiger partial charge on any atom is -0.325 e. The third-order valence-corrected chi connectivity index (χ3v) is 4.55. The molecule has 0 aliphatic carbocycles. The van der Waals surface area contributed by atoms with Gasteiger partial charge in [-0.1, -0.05) is 6.07 Å². The highest BCUT2D eigenvalue weighted by Crippen LogP contribution is 2.29. The number of carbonyl (C=O) groups is 1. The van der Waals surface area contributed by atoms with Crippen LogP contribution < -0.4 is 10.6 Å². The second-order valence-electron chi connectivity index (χ2n) is 7.00. The zero-order valence-electron chi connectivity index (χ0n) is 17.1. The van der Waals surface area contributed by atoms with Gasteiger partial charge >= 0.3 is 6.18 Å². The summed E-state index contributed by atoms with van der Waals surface area (Å²) in [5, 5.41) is 5.21. The van der Waals surface area contributed by atoms with Gasteiger partial charge in [-0.15, -0.1) is 0 Å². The van der Waals surface area contributed by atoms with Gasteiger partial charge < -0.3 is 10.6 Å². The summed E-state index contributed by atoms with van der Waals surface area (Å²) >= 11 is 0. The average molecular weight is 471 g/mol. The van der Waals surface area contributed by atoms with Crippen LogP contribution in [0.2, 0.25) is 0 Å². The molecule has 0 bridgehead atoms. The van der Waals surface area contributed by atoms with Crippen molar-refractivity contribution < 1.29 is 26.7 Å². The number of benzene rings is 1. The zero-order valence-corrected chi connectivity index (χ0v) is 17.1. The smallest absolute Gasteiger partial charge is 0.325 e. The van der Waals surface area contributed by atoms with Crippen molar-refractivity contribution in [1.82, 2.24) is 15.0 Å². The SMILES string of the molecule is O=C(Nc1cncc(-c2cc(F)ccc2F)c1)c1ccnc(Nc2cccc(C(F)(F)F)n2)c1. The Hall–Kier alpha value is -4.41. The van der Waals surface area contributed by atoms with Crippen molar-refractivity contribution in [3.8, 4) is 11.1 Å². The van der Waals surface area contributed by atoms with E-state index < -0.39 is 29.4 Å². The van der Waals surface area contributed by atoms with Crippen LogP contribution in [0.3, 0.4) is 0 Å². The van der Waals surface area contributed by atoms with Crippen LogP contribution in [0.15, 0.2) is 73.2 Å². The quantitative estimate of drug-likeness (QED) is 0.358. The summed E-state index contributed by atoms with van der Waals surface area (Å²) in [7, 11) is 0. The van der Waals surface area contributed by atoms with Crippen molar-refractivity contribution in [3.63, 3.8) is 0 Å². The molecule has 3 aromatic heterocycles. The van der Waals surface area contributed by atoms with Crippen molar-refractivity contribution in [2.75, 3.05) is 10.6 Å². The molecule has 0 aliphatic rings. The molecule has 0 aliphatic heterocycles. The van der Waals surface area contributed by atoms with E-state index in [4.69, 9.17) is 0 Å². The van der Waals surface area contributed by atoms with Gasteiger partial charge in [0.1, 0.15) is 29.0 Å². The molecule has 0 unspecified atom stereocenters. The number of nitrogens with one attached hydrogen (secondary N) is 2. The number of halogens is 5. The van der Waals surface area contributed by atoms with Gasteiger partial charge in [0.2, 0.25) is 0 Å². The lowest BCUT2D eigenvalue weighted by molar-refractivity contribution is -0.141. The number of rotatable bonds is 5. The van der Waals surface area contributed by atoms with Crippen molar-refractivity contribution >= 4 is 23.2 Å². The number of nitrogens with zero attached hydrogens (tertiary/aromatic N) is 3. The summed E-state index contributed by atoms with van der Waals surface area (Å²) in [6, 6.07) is 10.5. The summed E-state index contributed by atoms with van der Waals surface area (Å²) in [6.45, 7) is 0. The standard InChI is InChI=1S/C23H14F5N5O/c24-15-4-5-18(25)17(10-15)14-8-16(12-29-11-14)31-22(34)13-6-7-30-21(9-13)33-20-3-1-2-19(32-20)23(26,27)28/h1-12H,(H,31,34)(H,30,32,33). The normalized spacial score (nSPS) is 11.2. The molecule has 0 radical (unpaired) electrons. The van der Waals surface area contributed by atoms with Crippen LogP contribution in [0.4, 0.5) is 39.3 Å². The van der Waals surface area contributed by atoms with Gasteiger partial charge in [0, 0.05) is 29.1 Å². The Labute approximate surface area is 189 Å². The Kier molecular flexibility index (Phi) is 6.17. The van der Waals surface area contributed by atoms with E-state index in [-0.39, 0.29) is 34.0 Å². The maximum absolute atomic E-state index is 14.1. The lowest BCUT2D eigenvalue weighted by atomic mass is 10.1. The van der Waals surface area contributed by atoms with E-state index in [0.29, 0.717) is 0 Å². The van der Waals surface area contributed by atoms with Crippen molar-refractivity contribution in [2.45, 2.75) is 6.18 Å². The number of hydrogen-bond donors (Lipinski definition) is 2. The Balaban J connectivity index is 1.52. The summed E-state index contributed by atoms with van der Waals surface area (Å²) in [5.41, 5.74) is -0.493. The number of aromatic nitrogens is 3. The number of anilines is 3. The third kappa shape index (κ3) is 5.31. The molecule has 0 spiro atoms. The molecular formula is C23H14F5N5O. The minimum atomic E-state index is -4.61. The molecule has 0 saturated heterocycles. The van der Waals surface area contributed by atoms with Gasteiger partial charge in [-0.05, 0) is 48.5 Å². The first-order chi connectivity index (χ1) is 16.2. The molecule has 2 N–H and O–H groups in total. The van der Waals surface area contributed by atoms with Gasteiger partial charge in [0.25, 0.3) is 5.91 Å². The summed E-state index contributed by atoms with van der Waals surface area (Å²) < 4.78 is 66.2.